The second-order valence-corrected chi connectivity index (χ2v) is 8.81. The lowest BCUT2D eigenvalue weighted by molar-refractivity contribution is -0.168. The Balaban J connectivity index is 0.00000261. The summed E-state index contributed by atoms with van der Waals surface area (Å²) in [6.45, 7) is 3.52. The van der Waals surface area contributed by atoms with E-state index in [1.165, 1.54) is 19.3 Å². The molecule has 2 fully saturated rings. The molecule has 1 spiro atoms. The SMILES string of the molecule is CCOC1CC(NC(=NC)NCCS(=O)Cc2ccccc2)C12CCC2.I. The average molecular weight is 505 g/mol. The molecule has 0 aliphatic heterocycles. The van der Waals surface area contributed by atoms with Crippen molar-refractivity contribution in [3.63, 3.8) is 0 Å². The minimum Gasteiger partial charge on any atom is -0.378 e. The molecular weight excluding hydrogens is 473 g/mol. The predicted octanol–water partition coefficient (Wildman–Crippen LogP) is 3.07. The van der Waals surface area contributed by atoms with Gasteiger partial charge >= 0.3 is 0 Å². The minimum absolute atomic E-state index is 0. The maximum absolute atomic E-state index is 12.2. The highest BCUT2D eigenvalue weighted by Crippen LogP contribution is 2.57. The number of ether oxygens (including phenoxy) is 1. The number of nitrogens with zero attached hydrogens (tertiary/aromatic N) is 1. The lowest BCUT2D eigenvalue weighted by Crippen LogP contribution is -2.68. The van der Waals surface area contributed by atoms with Gasteiger partial charge in [0.2, 0.25) is 0 Å². The predicted molar refractivity (Wildman–Crippen MR) is 123 cm³/mol. The third-order valence-electron chi connectivity index (χ3n) is 5.76. The Bertz CT molecular complexity index is 637. The fourth-order valence-electron chi connectivity index (χ4n) is 4.12. The van der Waals surface area contributed by atoms with Crippen LogP contribution in [0.1, 0.15) is 38.2 Å². The van der Waals surface area contributed by atoms with Gasteiger partial charge in [-0.1, -0.05) is 36.8 Å². The van der Waals surface area contributed by atoms with Gasteiger partial charge in [0.05, 0.1) is 6.10 Å². The van der Waals surface area contributed by atoms with Crippen molar-refractivity contribution in [2.75, 3.05) is 26.0 Å². The summed E-state index contributed by atoms with van der Waals surface area (Å²) in [5.41, 5.74) is 1.43. The molecule has 7 heteroatoms. The molecule has 2 aliphatic carbocycles. The van der Waals surface area contributed by atoms with Gasteiger partial charge in [0, 0.05) is 54.0 Å². The molecule has 0 radical (unpaired) electrons. The normalized spacial score (nSPS) is 24.3. The smallest absolute Gasteiger partial charge is 0.191 e. The van der Waals surface area contributed by atoms with E-state index in [2.05, 4.69) is 22.5 Å². The van der Waals surface area contributed by atoms with Crippen LogP contribution in [0.3, 0.4) is 0 Å². The fourth-order valence-corrected chi connectivity index (χ4v) is 5.15. The lowest BCUT2D eigenvalue weighted by atomic mass is 9.51. The van der Waals surface area contributed by atoms with Gasteiger partial charge in [0.1, 0.15) is 0 Å². The van der Waals surface area contributed by atoms with Crippen LogP contribution in [0.15, 0.2) is 35.3 Å². The summed E-state index contributed by atoms with van der Waals surface area (Å²) in [5.74, 6) is 2.04. The number of halogens is 1. The van der Waals surface area contributed by atoms with Gasteiger partial charge in [-0.15, -0.1) is 24.0 Å². The summed E-state index contributed by atoms with van der Waals surface area (Å²) in [6.07, 6.45) is 5.23. The van der Waals surface area contributed by atoms with Gasteiger partial charge in [0.15, 0.2) is 5.96 Å². The van der Waals surface area contributed by atoms with E-state index in [-0.39, 0.29) is 24.0 Å². The van der Waals surface area contributed by atoms with Crippen molar-refractivity contribution < 1.29 is 8.95 Å². The standard InChI is InChI=1S/C20H31N3O2S.HI/c1-3-25-18-14-17(20(18)10-7-11-20)23-19(21-2)22-12-13-26(24)15-16-8-5-4-6-9-16;/h4-6,8-9,17-18H,3,7,10-15H2,1-2H3,(H2,21,22,23);1H. The number of benzene rings is 1. The third-order valence-corrected chi connectivity index (χ3v) is 7.08. The fraction of sp³-hybridized carbons (Fsp3) is 0.650. The molecule has 2 aliphatic rings. The zero-order chi connectivity index (χ0) is 18.4. The maximum atomic E-state index is 12.2. The summed E-state index contributed by atoms with van der Waals surface area (Å²) < 4.78 is 18.1. The number of rotatable bonds is 8. The first kappa shape index (κ1) is 22.6. The van der Waals surface area contributed by atoms with Crippen LogP contribution < -0.4 is 10.6 Å². The molecule has 2 saturated carbocycles. The van der Waals surface area contributed by atoms with E-state index in [1.54, 1.807) is 7.05 Å². The van der Waals surface area contributed by atoms with E-state index in [4.69, 9.17) is 4.74 Å². The van der Waals surface area contributed by atoms with E-state index in [1.807, 2.05) is 30.3 Å². The van der Waals surface area contributed by atoms with Crippen molar-refractivity contribution in [2.45, 2.75) is 50.5 Å². The highest BCUT2D eigenvalue weighted by atomic mass is 127. The molecule has 2 N–H and O–H groups in total. The van der Waals surface area contributed by atoms with Crippen LogP contribution >= 0.6 is 24.0 Å². The molecule has 5 nitrogen and oxygen atoms in total. The summed E-state index contributed by atoms with van der Waals surface area (Å²) in [5, 5.41) is 6.89. The average Bonchev–Trinajstić information content (AvgIpc) is 2.58. The van der Waals surface area contributed by atoms with Gasteiger partial charge in [0.25, 0.3) is 0 Å². The van der Waals surface area contributed by atoms with Crippen LogP contribution in [-0.2, 0) is 21.3 Å². The molecular formula is C20H32IN3O2S. The molecule has 0 bridgehead atoms. The monoisotopic (exact) mass is 505 g/mol. The number of aliphatic imine (C=N–C) groups is 1. The van der Waals surface area contributed by atoms with Gasteiger partial charge in [-0.05, 0) is 31.7 Å². The number of hydrogen-bond donors (Lipinski definition) is 2. The topological polar surface area (TPSA) is 62.7 Å². The van der Waals surface area contributed by atoms with E-state index in [9.17, 15) is 4.21 Å². The van der Waals surface area contributed by atoms with Crippen molar-refractivity contribution in [2.24, 2.45) is 10.4 Å². The van der Waals surface area contributed by atoms with Crippen LogP contribution in [0.4, 0.5) is 0 Å². The van der Waals surface area contributed by atoms with E-state index in [0.717, 1.165) is 24.6 Å². The van der Waals surface area contributed by atoms with Crippen molar-refractivity contribution in [3.05, 3.63) is 35.9 Å². The Hall–Kier alpha value is -0.670. The Morgan fingerprint density at radius 3 is 2.67 bits per heavy atom. The zero-order valence-corrected chi connectivity index (χ0v) is 19.4. The van der Waals surface area contributed by atoms with Crippen molar-refractivity contribution in [3.8, 4) is 0 Å². The van der Waals surface area contributed by atoms with Crippen LogP contribution in [0, 0.1) is 5.41 Å². The van der Waals surface area contributed by atoms with Crippen LogP contribution in [0.2, 0.25) is 0 Å². The van der Waals surface area contributed by atoms with Crippen molar-refractivity contribution in [1.29, 1.82) is 0 Å². The van der Waals surface area contributed by atoms with Gasteiger partial charge in [-0.25, -0.2) is 0 Å². The van der Waals surface area contributed by atoms with Gasteiger partial charge in [-0.3, -0.25) is 9.20 Å². The quantitative estimate of drug-likeness (QED) is 0.324. The molecule has 1 aromatic carbocycles. The number of hydrogen-bond acceptors (Lipinski definition) is 3. The molecule has 152 valence electrons. The molecule has 1 aromatic rings. The number of nitrogens with one attached hydrogen (secondary N) is 2. The first-order valence-corrected chi connectivity index (χ1v) is 11.1. The number of guanidine groups is 1. The molecule has 3 unspecified atom stereocenters. The Labute approximate surface area is 182 Å². The second-order valence-electron chi connectivity index (χ2n) is 7.24. The van der Waals surface area contributed by atoms with Crippen molar-refractivity contribution >= 4 is 40.7 Å². The van der Waals surface area contributed by atoms with Crippen molar-refractivity contribution in [1.82, 2.24) is 10.6 Å². The highest BCUT2D eigenvalue weighted by molar-refractivity contribution is 14.0. The van der Waals surface area contributed by atoms with Crippen LogP contribution in [-0.4, -0.2) is 48.3 Å². The molecule has 3 rings (SSSR count). The molecule has 27 heavy (non-hydrogen) atoms. The van der Waals surface area contributed by atoms with Crippen LogP contribution in [0.25, 0.3) is 0 Å². The second kappa shape index (κ2) is 10.8. The molecule has 0 amide bonds. The largest absolute Gasteiger partial charge is 0.378 e. The Morgan fingerprint density at radius 1 is 1.33 bits per heavy atom. The van der Waals surface area contributed by atoms with E-state index < -0.39 is 10.8 Å². The summed E-state index contributed by atoms with van der Waals surface area (Å²) in [7, 11) is 0.925. The van der Waals surface area contributed by atoms with Crippen LogP contribution in [0.5, 0.6) is 0 Å². The van der Waals surface area contributed by atoms with Gasteiger partial charge < -0.3 is 15.4 Å². The maximum Gasteiger partial charge on any atom is 0.191 e. The van der Waals surface area contributed by atoms with Gasteiger partial charge in [-0.2, -0.15) is 0 Å². The summed E-state index contributed by atoms with van der Waals surface area (Å²) in [4.78, 5) is 4.34. The summed E-state index contributed by atoms with van der Waals surface area (Å²) >= 11 is 0. The first-order chi connectivity index (χ1) is 12.7. The Morgan fingerprint density at radius 2 is 2.07 bits per heavy atom. The minimum atomic E-state index is -0.869. The lowest BCUT2D eigenvalue weighted by Gasteiger charge is -2.61. The zero-order valence-electron chi connectivity index (χ0n) is 16.3. The molecule has 0 heterocycles. The molecule has 0 saturated heterocycles. The van der Waals surface area contributed by atoms with E-state index >= 15 is 0 Å². The first-order valence-electron chi connectivity index (χ1n) is 9.65. The van der Waals surface area contributed by atoms with E-state index in [0.29, 0.717) is 35.6 Å². The molecule has 0 aromatic heterocycles. The summed E-state index contributed by atoms with van der Waals surface area (Å²) in [6, 6.07) is 10.4. The third kappa shape index (κ3) is 5.44. The highest BCUT2D eigenvalue weighted by Gasteiger charge is 2.59. The molecule has 3 atom stereocenters. The Kier molecular flexibility index (Phi) is 9.01.